The number of thiophene rings is 1. The molecule has 1 aliphatic rings. The van der Waals surface area contributed by atoms with Crippen molar-refractivity contribution in [2.75, 3.05) is 25.1 Å². The smallest absolute Gasteiger partial charge is 0.341 e. The Morgan fingerprint density at radius 3 is 2.48 bits per heavy atom. The average molecular weight is 446 g/mol. The number of rotatable bonds is 10. The van der Waals surface area contributed by atoms with E-state index >= 15 is 0 Å². The molecule has 6 nitrogen and oxygen atoms in total. The second kappa shape index (κ2) is 11.2. The number of aryl methyl sites for hydroxylation is 2. The Morgan fingerprint density at radius 2 is 1.74 bits per heavy atom. The van der Waals surface area contributed by atoms with Crippen molar-refractivity contribution in [3.05, 3.63) is 39.8 Å². The molecule has 0 radical (unpaired) electrons. The van der Waals surface area contributed by atoms with E-state index in [1.165, 1.54) is 16.2 Å². The van der Waals surface area contributed by atoms with Gasteiger partial charge in [0.15, 0.2) is 11.5 Å². The summed E-state index contributed by atoms with van der Waals surface area (Å²) in [6.45, 7) is 7.08. The zero-order valence-electron chi connectivity index (χ0n) is 18.5. The first-order valence-electron chi connectivity index (χ1n) is 11.1. The summed E-state index contributed by atoms with van der Waals surface area (Å²) in [5.41, 5.74) is 2.60. The van der Waals surface area contributed by atoms with Gasteiger partial charge >= 0.3 is 5.97 Å². The molecule has 2 aromatic rings. The summed E-state index contributed by atoms with van der Waals surface area (Å²) in [6, 6.07) is 5.76. The number of hydrogen-bond donors (Lipinski definition) is 1. The molecule has 0 saturated carbocycles. The van der Waals surface area contributed by atoms with Gasteiger partial charge in [-0.1, -0.05) is 6.07 Å². The van der Waals surface area contributed by atoms with Crippen LogP contribution in [0.15, 0.2) is 18.2 Å². The first-order chi connectivity index (χ1) is 15.1. The first-order valence-corrected chi connectivity index (χ1v) is 11.9. The Balaban J connectivity index is 1.69. The first kappa shape index (κ1) is 23.1. The predicted molar refractivity (Wildman–Crippen MR) is 123 cm³/mol. The molecule has 31 heavy (non-hydrogen) atoms. The van der Waals surface area contributed by atoms with Crippen LogP contribution in [0.5, 0.6) is 11.5 Å². The highest BCUT2D eigenvalue weighted by Crippen LogP contribution is 2.38. The molecule has 0 saturated heterocycles. The number of nitrogens with one attached hydrogen (secondary N) is 1. The third-order valence-corrected chi connectivity index (χ3v) is 6.36. The summed E-state index contributed by atoms with van der Waals surface area (Å²) >= 11 is 1.51. The SMILES string of the molecule is CCOC(=O)c1c(NC(=O)CCc2ccc(OCC)c(OCC)c2)sc2c1CCCC2. The van der Waals surface area contributed by atoms with E-state index in [0.717, 1.165) is 36.8 Å². The molecule has 1 N–H and O–H groups in total. The molecule has 0 atom stereocenters. The van der Waals surface area contributed by atoms with Gasteiger partial charge in [0.1, 0.15) is 5.00 Å². The van der Waals surface area contributed by atoms with Crippen molar-refractivity contribution in [3.8, 4) is 11.5 Å². The lowest BCUT2D eigenvalue weighted by Gasteiger charge is -2.13. The zero-order valence-corrected chi connectivity index (χ0v) is 19.4. The number of esters is 1. The summed E-state index contributed by atoms with van der Waals surface area (Å²) in [6.07, 6.45) is 4.87. The van der Waals surface area contributed by atoms with Crippen molar-refractivity contribution in [2.24, 2.45) is 0 Å². The lowest BCUT2D eigenvalue weighted by Crippen LogP contribution is -2.16. The number of anilines is 1. The van der Waals surface area contributed by atoms with Crippen LogP contribution in [0.25, 0.3) is 0 Å². The van der Waals surface area contributed by atoms with Crippen molar-refractivity contribution in [1.29, 1.82) is 0 Å². The fourth-order valence-corrected chi connectivity index (χ4v) is 5.06. The number of amides is 1. The molecule has 168 valence electrons. The quantitative estimate of drug-likeness (QED) is 0.511. The second-order valence-electron chi connectivity index (χ2n) is 7.33. The van der Waals surface area contributed by atoms with Crippen LogP contribution >= 0.6 is 11.3 Å². The topological polar surface area (TPSA) is 73.9 Å². The van der Waals surface area contributed by atoms with E-state index in [4.69, 9.17) is 14.2 Å². The molecule has 0 fully saturated rings. The monoisotopic (exact) mass is 445 g/mol. The van der Waals surface area contributed by atoms with Gasteiger partial charge in [-0.3, -0.25) is 4.79 Å². The van der Waals surface area contributed by atoms with E-state index in [1.54, 1.807) is 6.92 Å². The van der Waals surface area contributed by atoms with Gasteiger partial charge in [-0.15, -0.1) is 11.3 Å². The molecule has 7 heteroatoms. The molecule has 1 aromatic heterocycles. The molecule has 3 rings (SSSR count). The highest BCUT2D eigenvalue weighted by Gasteiger charge is 2.27. The summed E-state index contributed by atoms with van der Waals surface area (Å²) in [4.78, 5) is 26.4. The molecule has 1 amide bonds. The van der Waals surface area contributed by atoms with E-state index in [9.17, 15) is 9.59 Å². The summed E-state index contributed by atoms with van der Waals surface area (Å²) in [7, 11) is 0. The van der Waals surface area contributed by atoms with E-state index in [2.05, 4.69) is 5.32 Å². The van der Waals surface area contributed by atoms with Crippen molar-refractivity contribution in [3.63, 3.8) is 0 Å². The number of ether oxygens (including phenoxy) is 3. The maximum Gasteiger partial charge on any atom is 0.341 e. The van der Waals surface area contributed by atoms with Gasteiger partial charge in [-0.25, -0.2) is 4.79 Å². The summed E-state index contributed by atoms with van der Waals surface area (Å²) in [5.74, 6) is 0.944. The Hall–Kier alpha value is -2.54. The summed E-state index contributed by atoms with van der Waals surface area (Å²) in [5, 5.41) is 3.59. The Bertz CT molecular complexity index is 921. The van der Waals surface area contributed by atoms with Gasteiger partial charge in [-0.2, -0.15) is 0 Å². The lowest BCUT2D eigenvalue weighted by molar-refractivity contribution is -0.116. The van der Waals surface area contributed by atoms with Crippen molar-refractivity contribution in [1.82, 2.24) is 0 Å². The molecule has 1 heterocycles. The molecule has 0 spiro atoms. The molecule has 1 aliphatic carbocycles. The maximum absolute atomic E-state index is 12.7. The number of carbonyl (C=O) groups excluding carboxylic acids is 2. The van der Waals surface area contributed by atoms with Gasteiger partial charge in [0.05, 0.1) is 25.4 Å². The predicted octanol–water partition coefficient (Wildman–Crippen LogP) is 5.17. The average Bonchev–Trinajstić information content (AvgIpc) is 3.12. The van der Waals surface area contributed by atoms with Crippen LogP contribution in [0.4, 0.5) is 5.00 Å². The number of benzene rings is 1. The lowest BCUT2D eigenvalue weighted by atomic mass is 9.95. The fraction of sp³-hybridized carbons (Fsp3) is 0.500. The molecule has 0 aliphatic heterocycles. The summed E-state index contributed by atoms with van der Waals surface area (Å²) < 4.78 is 16.5. The Labute approximate surface area is 187 Å². The van der Waals surface area contributed by atoms with Crippen LogP contribution in [-0.2, 0) is 28.8 Å². The number of hydrogen-bond acceptors (Lipinski definition) is 6. The van der Waals surface area contributed by atoms with E-state index in [1.807, 2.05) is 32.0 Å². The van der Waals surface area contributed by atoms with Crippen LogP contribution in [-0.4, -0.2) is 31.7 Å². The number of fused-ring (bicyclic) bond motifs is 1. The van der Waals surface area contributed by atoms with Crippen molar-refractivity contribution < 1.29 is 23.8 Å². The van der Waals surface area contributed by atoms with E-state index in [0.29, 0.717) is 54.7 Å². The molecule has 0 bridgehead atoms. The van der Waals surface area contributed by atoms with Gasteiger partial charge in [0.25, 0.3) is 0 Å². The fourth-order valence-electron chi connectivity index (χ4n) is 3.77. The van der Waals surface area contributed by atoms with Crippen LogP contribution in [0.1, 0.15) is 66.4 Å². The van der Waals surface area contributed by atoms with Gasteiger partial charge in [0, 0.05) is 11.3 Å². The third kappa shape index (κ3) is 5.79. The zero-order chi connectivity index (χ0) is 22.2. The standard InChI is InChI=1S/C24H31NO5S/c1-4-28-18-13-11-16(15-19(18)29-5-2)12-14-21(26)25-23-22(24(27)30-6-3)17-9-7-8-10-20(17)31-23/h11,13,15H,4-10,12,14H2,1-3H3,(H,25,26). The third-order valence-electron chi connectivity index (χ3n) is 5.15. The maximum atomic E-state index is 12.7. The van der Waals surface area contributed by atoms with E-state index in [-0.39, 0.29) is 11.9 Å². The molecular formula is C24H31NO5S. The minimum absolute atomic E-state index is 0.115. The van der Waals surface area contributed by atoms with Gasteiger partial charge in [-0.05, 0) is 76.1 Å². The highest BCUT2D eigenvalue weighted by atomic mass is 32.1. The minimum Gasteiger partial charge on any atom is -0.490 e. The van der Waals surface area contributed by atoms with Crippen LogP contribution in [0.3, 0.4) is 0 Å². The van der Waals surface area contributed by atoms with Crippen LogP contribution < -0.4 is 14.8 Å². The van der Waals surface area contributed by atoms with E-state index < -0.39 is 0 Å². The number of carbonyl (C=O) groups is 2. The second-order valence-corrected chi connectivity index (χ2v) is 8.44. The largest absolute Gasteiger partial charge is 0.490 e. The van der Waals surface area contributed by atoms with Crippen molar-refractivity contribution in [2.45, 2.75) is 59.3 Å². The minimum atomic E-state index is -0.343. The normalized spacial score (nSPS) is 12.7. The van der Waals surface area contributed by atoms with Gasteiger partial charge < -0.3 is 19.5 Å². The molecular weight excluding hydrogens is 414 g/mol. The Kier molecular flexibility index (Phi) is 8.35. The highest BCUT2D eigenvalue weighted by molar-refractivity contribution is 7.17. The molecule has 0 unspecified atom stereocenters. The van der Waals surface area contributed by atoms with Crippen LogP contribution in [0, 0.1) is 0 Å². The Morgan fingerprint density at radius 1 is 1.00 bits per heavy atom. The molecule has 1 aromatic carbocycles. The van der Waals surface area contributed by atoms with Gasteiger partial charge in [0.2, 0.25) is 5.91 Å². The van der Waals surface area contributed by atoms with Crippen LogP contribution in [0.2, 0.25) is 0 Å². The van der Waals surface area contributed by atoms with Crippen molar-refractivity contribution >= 4 is 28.2 Å².